The number of hydrogen-bond acceptors (Lipinski definition) is 7. The lowest BCUT2D eigenvalue weighted by Crippen LogP contribution is -2.39. The molecule has 0 aliphatic carbocycles. The van der Waals surface area contributed by atoms with E-state index in [0.717, 1.165) is 35.7 Å². The average molecular weight is 439 g/mol. The lowest BCUT2D eigenvalue weighted by atomic mass is 10.0. The summed E-state index contributed by atoms with van der Waals surface area (Å²) in [5.74, 6) is 1.18. The minimum absolute atomic E-state index is 0.0527. The van der Waals surface area contributed by atoms with Crippen molar-refractivity contribution in [2.75, 3.05) is 44.9 Å². The fourth-order valence-corrected chi connectivity index (χ4v) is 4.12. The Hall–Kier alpha value is -2.52. The maximum Gasteiger partial charge on any atom is 0.251 e. The number of carbonyl (C=O) groups is 1. The summed E-state index contributed by atoms with van der Waals surface area (Å²) in [7, 11) is 2.06. The van der Waals surface area contributed by atoms with E-state index in [2.05, 4.69) is 54.7 Å². The van der Waals surface area contributed by atoms with Crippen molar-refractivity contribution in [3.63, 3.8) is 0 Å². The number of nitrogens with zero attached hydrogens (tertiary/aromatic N) is 3. The quantitative estimate of drug-likeness (QED) is 0.549. The van der Waals surface area contributed by atoms with Gasteiger partial charge in [0.15, 0.2) is 0 Å². The van der Waals surface area contributed by atoms with Gasteiger partial charge in [-0.1, -0.05) is 18.2 Å². The average Bonchev–Trinajstić information content (AvgIpc) is 3.16. The summed E-state index contributed by atoms with van der Waals surface area (Å²) in [6, 6.07) is 10.5. The molecule has 0 spiro atoms. The molecule has 4 rings (SSSR count). The van der Waals surface area contributed by atoms with Gasteiger partial charge in [0.2, 0.25) is 0 Å². The Kier molecular flexibility index (Phi) is 7.05. The molecule has 0 unspecified atom stereocenters. The summed E-state index contributed by atoms with van der Waals surface area (Å²) >= 11 is 0. The molecular weight excluding hydrogens is 404 g/mol. The maximum atomic E-state index is 13.1. The molecule has 0 radical (unpaired) electrons. The highest BCUT2D eigenvalue weighted by Gasteiger charge is 2.29. The second kappa shape index (κ2) is 9.95. The molecule has 32 heavy (non-hydrogen) atoms. The van der Waals surface area contributed by atoms with Gasteiger partial charge in [0.1, 0.15) is 5.82 Å². The molecule has 4 N–H and O–H groups in total. The van der Waals surface area contributed by atoms with E-state index in [1.165, 1.54) is 5.56 Å². The number of pyridine rings is 1. The van der Waals surface area contributed by atoms with E-state index in [4.69, 9.17) is 15.5 Å². The van der Waals surface area contributed by atoms with Crippen molar-refractivity contribution in [1.29, 1.82) is 0 Å². The second-order valence-corrected chi connectivity index (χ2v) is 9.00. The molecule has 172 valence electrons. The molecule has 8 heteroatoms. The summed E-state index contributed by atoms with van der Waals surface area (Å²) in [5, 5.41) is 5.14. The molecule has 3 heterocycles. The molecule has 1 saturated heterocycles. The third-order valence-corrected chi connectivity index (χ3v) is 5.96. The van der Waals surface area contributed by atoms with E-state index in [9.17, 15) is 4.79 Å². The Balaban J connectivity index is 1.66. The third-order valence-electron chi connectivity index (χ3n) is 5.96. The highest BCUT2D eigenvalue weighted by molar-refractivity contribution is 5.98. The van der Waals surface area contributed by atoms with Gasteiger partial charge < -0.3 is 20.7 Å². The molecule has 2 aromatic rings. The van der Waals surface area contributed by atoms with Gasteiger partial charge in [-0.25, -0.2) is 10.4 Å². The van der Waals surface area contributed by atoms with Crippen molar-refractivity contribution >= 4 is 11.7 Å². The van der Waals surface area contributed by atoms with Gasteiger partial charge in [0, 0.05) is 61.4 Å². The fourth-order valence-electron chi connectivity index (χ4n) is 4.12. The molecule has 2 aliphatic heterocycles. The van der Waals surface area contributed by atoms with Crippen LogP contribution in [0, 0.1) is 5.92 Å². The first kappa shape index (κ1) is 22.7. The Morgan fingerprint density at radius 1 is 1.38 bits per heavy atom. The molecule has 2 aliphatic rings. The number of amides is 1. The van der Waals surface area contributed by atoms with E-state index in [1.54, 1.807) is 0 Å². The van der Waals surface area contributed by atoms with Crippen molar-refractivity contribution in [2.45, 2.75) is 33.0 Å². The fraction of sp³-hybridized carbons (Fsp3) is 0.500. The number of carbonyl (C=O) groups excluding carboxylic acids is 1. The second-order valence-electron chi connectivity index (χ2n) is 9.00. The van der Waals surface area contributed by atoms with Gasteiger partial charge in [-0.2, -0.15) is 0 Å². The summed E-state index contributed by atoms with van der Waals surface area (Å²) in [6.07, 6.45) is 0. The minimum atomic E-state index is -0.0527. The number of ether oxygens (including phenoxy) is 1. The Morgan fingerprint density at radius 2 is 2.19 bits per heavy atom. The molecule has 1 aromatic carbocycles. The number of nitrogens with two attached hydrogens (primary N) is 1. The van der Waals surface area contributed by atoms with Crippen LogP contribution in [0.5, 0.6) is 0 Å². The smallest absolute Gasteiger partial charge is 0.251 e. The number of rotatable bonds is 9. The van der Waals surface area contributed by atoms with E-state index in [-0.39, 0.29) is 11.9 Å². The zero-order chi connectivity index (χ0) is 22.7. The number of nitrogens with one attached hydrogen (secondary N) is 2. The van der Waals surface area contributed by atoms with Crippen LogP contribution in [0.1, 0.15) is 35.3 Å². The van der Waals surface area contributed by atoms with Gasteiger partial charge in [-0.3, -0.25) is 9.80 Å². The van der Waals surface area contributed by atoms with Crippen LogP contribution >= 0.6 is 0 Å². The number of anilines is 1. The SMILES string of the molecule is CC(C)N1NCc2c(C(=O)NCC3COC3)cc(-c3cccc(CN(C)CCN)c3)nc21. The Bertz CT molecular complexity index is 960. The lowest BCUT2D eigenvalue weighted by molar-refractivity contribution is -0.0298. The van der Waals surface area contributed by atoms with Crippen LogP contribution in [0.4, 0.5) is 5.82 Å². The summed E-state index contributed by atoms with van der Waals surface area (Å²) in [5.41, 5.74) is 13.7. The highest BCUT2D eigenvalue weighted by Crippen LogP contribution is 2.32. The maximum absolute atomic E-state index is 13.1. The molecule has 1 aromatic heterocycles. The van der Waals surface area contributed by atoms with Crippen molar-refractivity contribution in [3.05, 3.63) is 47.0 Å². The van der Waals surface area contributed by atoms with Gasteiger partial charge in [0.05, 0.1) is 18.9 Å². The number of benzene rings is 1. The third kappa shape index (κ3) is 4.94. The number of hydrogen-bond donors (Lipinski definition) is 3. The van der Waals surface area contributed by atoms with Crippen molar-refractivity contribution in [1.82, 2.24) is 20.6 Å². The largest absolute Gasteiger partial charge is 0.381 e. The zero-order valence-electron chi connectivity index (χ0n) is 19.2. The summed E-state index contributed by atoms with van der Waals surface area (Å²) in [4.78, 5) is 20.3. The van der Waals surface area contributed by atoms with Crippen LogP contribution in [-0.4, -0.2) is 61.7 Å². The Labute approximate surface area is 190 Å². The van der Waals surface area contributed by atoms with E-state index >= 15 is 0 Å². The van der Waals surface area contributed by atoms with E-state index in [0.29, 0.717) is 44.3 Å². The van der Waals surface area contributed by atoms with Crippen LogP contribution in [0.15, 0.2) is 30.3 Å². The van der Waals surface area contributed by atoms with Gasteiger partial charge in [0.25, 0.3) is 5.91 Å². The summed E-state index contributed by atoms with van der Waals surface area (Å²) in [6.45, 7) is 9.17. The van der Waals surface area contributed by atoms with Crippen LogP contribution in [0.2, 0.25) is 0 Å². The first-order chi connectivity index (χ1) is 15.5. The topological polar surface area (TPSA) is 95.8 Å². The molecule has 0 atom stereocenters. The van der Waals surface area contributed by atoms with Gasteiger partial charge >= 0.3 is 0 Å². The van der Waals surface area contributed by atoms with Crippen LogP contribution in [-0.2, 0) is 17.8 Å². The van der Waals surface area contributed by atoms with Gasteiger partial charge in [-0.05, 0) is 38.6 Å². The monoisotopic (exact) mass is 438 g/mol. The molecule has 1 fully saturated rings. The first-order valence-corrected chi connectivity index (χ1v) is 11.4. The predicted molar refractivity (Wildman–Crippen MR) is 126 cm³/mol. The molecule has 8 nitrogen and oxygen atoms in total. The number of aromatic nitrogens is 1. The number of fused-ring (bicyclic) bond motifs is 1. The Morgan fingerprint density at radius 3 is 2.88 bits per heavy atom. The van der Waals surface area contributed by atoms with Crippen LogP contribution < -0.4 is 21.5 Å². The molecule has 0 bridgehead atoms. The zero-order valence-corrected chi connectivity index (χ0v) is 19.2. The lowest BCUT2D eigenvalue weighted by Gasteiger charge is -2.26. The number of hydrazine groups is 1. The van der Waals surface area contributed by atoms with Crippen LogP contribution in [0.3, 0.4) is 0 Å². The standard InChI is InChI=1S/C24H34N6O2/c1-16(2)30-23-21(12-27-30)20(24(31)26-11-18-14-32-15-18)10-22(28-23)19-6-4-5-17(9-19)13-29(3)8-7-25/h4-6,9-10,16,18,27H,7-8,11-15,25H2,1-3H3,(H,26,31). The summed E-state index contributed by atoms with van der Waals surface area (Å²) < 4.78 is 5.23. The predicted octanol–water partition coefficient (Wildman–Crippen LogP) is 1.75. The van der Waals surface area contributed by atoms with Gasteiger partial charge in [-0.15, -0.1) is 0 Å². The van der Waals surface area contributed by atoms with Crippen molar-refractivity contribution in [2.24, 2.45) is 11.7 Å². The van der Waals surface area contributed by atoms with Crippen LogP contribution in [0.25, 0.3) is 11.3 Å². The molecule has 1 amide bonds. The molecule has 0 saturated carbocycles. The highest BCUT2D eigenvalue weighted by atomic mass is 16.5. The minimum Gasteiger partial charge on any atom is -0.381 e. The van der Waals surface area contributed by atoms with E-state index < -0.39 is 0 Å². The van der Waals surface area contributed by atoms with Crippen molar-refractivity contribution in [3.8, 4) is 11.3 Å². The van der Waals surface area contributed by atoms with Crippen molar-refractivity contribution < 1.29 is 9.53 Å². The molecular formula is C24H34N6O2. The number of likely N-dealkylation sites (N-methyl/N-ethyl adjacent to an activating group) is 1. The normalized spacial score (nSPS) is 15.9. The van der Waals surface area contributed by atoms with E-state index in [1.807, 2.05) is 17.1 Å². The first-order valence-electron chi connectivity index (χ1n) is 11.4.